The number of carboxylic acid groups (broad SMARTS) is 1. The number of aliphatic hydroxyl groups excluding tert-OH is 1. The highest BCUT2D eigenvalue weighted by Gasteiger charge is 2.45. The van der Waals surface area contributed by atoms with Crippen LogP contribution < -0.4 is 0 Å². The van der Waals surface area contributed by atoms with Crippen molar-refractivity contribution in [1.29, 1.82) is 0 Å². The van der Waals surface area contributed by atoms with Crippen LogP contribution in [0.5, 0.6) is 11.5 Å². The lowest BCUT2D eigenvalue weighted by molar-refractivity contribution is 0.0474. The Kier molecular flexibility index (Phi) is 3.23. The third-order valence-corrected chi connectivity index (χ3v) is 2.97. The van der Waals surface area contributed by atoms with E-state index in [2.05, 4.69) is 0 Å². The number of benzene rings is 1. The van der Waals surface area contributed by atoms with Gasteiger partial charge in [-0.3, -0.25) is 0 Å². The standard InChI is InChI=1S/C13H10F2O5/c14-6-1-4-9(18)13(15,5-6)11-8(17)3-2-7(16)10(11)12(19)20/h1-5,9,16-18H,(H,19,20). The molecule has 0 heterocycles. The van der Waals surface area contributed by atoms with Crippen LogP contribution in [0.3, 0.4) is 0 Å². The van der Waals surface area contributed by atoms with Gasteiger partial charge in [0.1, 0.15) is 29.0 Å². The quantitative estimate of drug-likeness (QED) is 0.620. The summed E-state index contributed by atoms with van der Waals surface area (Å²) >= 11 is 0. The summed E-state index contributed by atoms with van der Waals surface area (Å²) in [6.45, 7) is 0. The van der Waals surface area contributed by atoms with Crippen LogP contribution in [0.4, 0.5) is 8.78 Å². The lowest BCUT2D eigenvalue weighted by Crippen LogP contribution is -2.35. The molecule has 2 unspecified atom stereocenters. The van der Waals surface area contributed by atoms with E-state index in [4.69, 9.17) is 5.11 Å². The van der Waals surface area contributed by atoms with Gasteiger partial charge in [0.25, 0.3) is 0 Å². The first-order chi connectivity index (χ1) is 9.27. The average molecular weight is 284 g/mol. The molecule has 4 N–H and O–H groups in total. The molecule has 5 nitrogen and oxygen atoms in total. The smallest absolute Gasteiger partial charge is 0.340 e. The number of allylic oxidation sites excluding steroid dienone is 2. The number of hydrogen-bond donors (Lipinski definition) is 4. The Hall–Kier alpha value is -2.41. The van der Waals surface area contributed by atoms with Gasteiger partial charge in [-0.1, -0.05) is 0 Å². The number of aromatic hydroxyl groups is 2. The van der Waals surface area contributed by atoms with Crippen LogP contribution in [0, 0.1) is 0 Å². The van der Waals surface area contributed by atoms with Gasteiger partial charge in [-0.05, 0) is 30.4 Å². The number of carboxylic acids is 1. The van der Waals surface area contributed by atoms with Crippen molar-refractivity contribution in [2.24, 2.45) is 0 Å². The Balaban J connectivity index is 2.78. The predicted octanol–water partition coefficient (Wildman–Crippen LogP) is 1.74. The molecule has 0 saturated heterocycles. The number of carbonyl (C=O) groups is 1. The van der Waals surface area contributed by atoms with E-state index in [0.717, 1.165) is 24.3 Å². The average Bonchev–Trinajstić information content (AvgIpc) is 2.36. The summed E-state index contributed by atoms with van der Waals surface area (Å²) < 4.78 is 28.1. The molecule has 106 valence electrons. The fourth-order valence-electron chi connectivity index (χ4n) is 2.06. The normalized spacial score (nSPS) is 25.4. The van der Waals surface area contributed by atoms with Crippen molar-refractivity contribution < 1.29 is 34.0 Å². The molecule has 1 aromatic rings. The van der Waals surface area contributed by atoms with Crippen molar-refractivity contribution in [1.82, 2.24) is 0 Å². The first kappa shape index (κ1) is 14.0. The van der Waals surface area contributed by atoms with E-state index in [1.807, 2.05) is 0 Å². The maximum Gasteiger partial charge on any atom is 0.340 e. The number of phenolic OH excluding ortho intramolecular Hbond substituents is 1. The Morgan fingerprint density at radius 1 is 1.25 bits per heavy atom. The number of halogens is 2. The summed E-state index contributed by atoms with van der Waals surface area (Å²) in [6, 6.07) is 1.71. The molecule has 7 heteroatoms. The molecule has 1 aromatic carbocycles. The summed E-state index contributed by atoms with van der Waals surface area (Å²) in [5, 5.41) is 37.9. The summed E-state index contributed by atoms with van der Waals surface area (Å²) in [5.74, 6) is -4.39. The topological polar surface area (TPSA) is 98.0 Å². The van der Waals surface area contributed by atoms with E-state index in [-0.39, 0.29) is 0 Å². The zero-order chi connectivity index (χ0) is 15.1. The van der Waals surface area contributed by atoms with Gasteiger partial charge in [-0.2, -0.15) is 0 Å². The van der Waals surface area contributed by atoms with Crippen molar-refractivity contribution in [3.8, 4) is 11.5 Å². The van der Waals surface area contributed by atoms with Crippen LogP contribution >= 0.6 is 0 Å². The number of hydrogen-bond acceptors (Lipinski definition) is 4. The second-order valence-corrected chi connectivity index (χ2v) is 4.26. The van der Waals surface area contributed by atoms with Crippen LogP contribution in [0.25, 0.3) is 0 Å². The molecule has 0 saturated carbocycles. The molecule has 20 heavy (non-hydrogen) atoms. The van der Waals surface area contributed by atoms with Gasteiger partial charge in [-0.25, -0.2) is 13.6 Å². The summed E-state index contributed by atoms with van der Waals surface area (Å²) in [7, 11) is 0. The molecule has 2 rings (SSSR count). The number of phenols is 2. The molecule has 1 aliphatic carbocycles. The third-order valence-electron chi connectivity index (χ3n) is 2.97. The zero-order valence-electron chi connectivity index (χ0n) is 9.92. The molecule has 0 fully saturated rings. The number of aromatic carboxylic acids is 1. The van der Waals surface area contributed by atoms with E-state index < -0.39 is 46.2 Å². The fraction of sp³-hybridized carbons (Fsp3) is 0.154. The molecule has 0 spiro atoms. The van der Waals surface area contributed by atoms with Crippen molar-refractivity contribution in [2.75, 3.05) is 0 Å². The third kappa shape index (κ3) is 2.01. The Labute approximate surface area is 111 Å². The minimum absolute atomic E-state index is 0.346. The maximum atomic E-state index is 14.9. The summed E-state index contributed by atoms with van der Waals surface area (Å²) in [4.78, 5) is 11.1. The highest BCUT2D eigenvalue weighted by molar-refractivity contribution is 5.94. The molecule has 1 aliphatic rings. The molecule has 0 aromatic heterocycles. The minimum atomic E-state index is -3.00. The molecular formula is C13H10F2O5. The van der Waals surface area contributed by atoms with Gasteiger partial charge in [-0.15, -0.1) is 0 Å². The lowest BCUT2D eigenvalue weighted by atomic mass is 9.83. The SMILES string of the molecule is O=C(O)c1c(O)ccc(O)c1C1(F)C=C(F)C=CC1O. The highest BCUT2D eigenvalue weighted by atomic mass is 19.1. The lowest BCUT2D eigenvalue weighted by Gasteiger charge is -2.30. The fourth-order valence-corrected chi connectivity index (χ4v) is 2.06. The molecule has 0 amide bonds. The van der Waals surface area contributed by atoms with Crippen LogP contribution in [-0.4, -0.2) is 32.5 Å². The van der Waals surface area contributed by atoms with Gasteiger partial charge in [0, 0.05) is 0 Å². The summed E-state index contributed by atoms with van der Waals surface area (Å²) in [5.41, 5.74) is -4.85. The van der Waals surface area contributed by atoms with E-state index >= 15 is 0 Å². The van der Waals surface area contributed by atoms with Crippen molar-refractivity contribution >= 4 is 5.97 Å². The van der Waals surface area contributed by atoms with Gasteiger partial charge >= 0.3 is 5.97 Å². The number of aliphatic hydroxyl groups is 1. The van der Waals surface area contributed by atoms with E-state index in [9.17, 15) is 28.9 Å². The molecule has 0 bridgehead atoms. The predicted molar refractivity (Wildman–Crippen MR) is 63.9 cm³/mol. The van der Waals surface area contributed by atoms with Gasteiger partial charge < -0.3 is 20.4 Å². The van der Waals surface area contributed by atoms with Crippen LogP contribution in [0.1, 0.15) is 15.9 Å². The maximum absolute atomic E-state index is 14.9. The zero-order valence-corrected chi connectivity index (χ0v) is 9.92. The van der Waals surface area contributed by atoms with E-state index in [0.29, 0.717) is 6.08 Å². The number of alkyl halides is 1. The van der Waals surface area contributed by atoms with Gasteiger partial charge in [0.2, 0.25) is 0 Å². The van der Waals surface area contributed by atoms with Crippen LogP contribution in [0.15, 0.2) is 36.2 Å². The monoisotopic (exact) mass is 284 g/mol. The Morgan fingerprint density at radius 3 is 2.45 bits per heavy atom. The minimum Gasteiger partial charge on any atom is -0.508 e. The molecule has 0 radical (unpaired) electrons. The summed E-state index contributed by atoms with van der Waals surface area (Å²) in [6.07, 6.45) is 0.0269. The van der Waals surface area contributed by atoms with Crippen LogP contribution in [-0.2, 0) is 5.67 Å². The van der Waals surface area contributed by atoms with Gasteiger partial charge in [0.05, 0.1) is 5.56 Å². The molecule has 2 atom stereocenters. The first-order valence-corrected chi connectivity index (χ1v) is 5.49. The van der Waals surface area contributed by atoms with Crippen molar-refractivity contribution in [3.05, 3.63) is 47.3 Å². The van der Waals surface area contributed by atoms with E-state index in [1.54, 1.807) is 0 Å². The van der Waals surface area contributed by atoms with Gasteiger partial charge in [0.15, 0.2) is 5.67 Å². The molecular weight excluding hydrogens is 274 g/mol. The number of rotatable bonds is 2. The Morgan fingerprint density at radius 2 is 1.85 bits per heavy atom. The first-order valence-electron chi connectivity index (χ1n) is 5.49. The Bertz CT molecular complexity index is 638. The van der Waals surface area contributed by atoms with Crippen molar-refractivity contribution in [3.63, 3.8) is 0 Å². The van der Waals surface area contributed by atoms with Crippen LogP contribution in [0.2, 0.25) is 0 Å². The second-order valence-electron chi connectivity index (χ2n) is 4.26. The second kappa shape index (κ2) is 4.61. The largest absolute Gasteiger partial charge is 0.508 e. The van der Waals surface area contributed by atoms with E-state index in [1.165, 1.54) is 0 Å². The van der Waals surface area contributed by atoms with Crippen molar-refractivity contribution in [2.45, 2.75) is 11.8 Å². The highest BCUT2D eigenvalue weighted by Crippen LogP contribution is 2.45. The molecule has 0 aliphatic heterocycles.